The second kappa shape index (κ2) is 8.06. The van der Waals surface area contributed by atoms with Crippen LogP contribution in [0.1, 0.15) is 25.3 Å². The fourth-order valence-corrected chi connectivity index (χ4v) is 3.48. The average Bonchev–Trinajstić information content (AvgIpc) is 3.02. The number of benzene rings is 1. The van der Waals surface area contributed by atoms with Gasteiger partial charge < -0.3 is 26.3 Å². The Hall–Kier alpha value is -2.45. The van der Waals surface area contributed by atoms with E-state index in [1.54, 1.807) is 4.90 Å². The highest BCUT2D eigenvalue weighted by molar-refractivity contribution is 6.25. The number of nitrogens with zero attached hydrogens (tertiary/aromatic N) is 3. The maximum atomic E-state index is 13.0. The maximum Gasteiger partial charge on any atom is 0.238 e. The van der Waals surface area contributed by atoms with Crippen molar-refractivity contribution in [2.45, 2.75) is 25.8 Å². The lowest BCUT2D eigenvalue weighted by Gasteiger charge is -2.34. The number of hydrazone groups is 1. The van der Waals surface area contributed by atoms with Crippen molar-refractivity contribution in [3.05, 3.63) is 23.8 Å². The van der Waals surface area contributed by atoms with Crippen molar-refractivity contribution in [2.75, 3.05) is 43.9 Å². The van der Waals surface area contributed by atoms with Crippen molar-refractivity contribution in [1.82, 2.24) is 10.3 Å². The highest BCUT2D eigenvalue weighted by Crippen LogP contribution is 2.36. The predicted molar refractivity (Wildman–Crippen MR) is 107 cm³/mol. The van der Waals surface area contributed by atoms with Gasteiger partial charge in [-0.25, -0.2) is 0 Å². The summed E-state index contributed by atoms with van der Waals surface area (Å²) in [4.78, 5) is 28.9. The summed E-state index contributed by atoms with van der Waals surface area (Å²) in [5, 5.41) is 7.34. The maximum absolute atomic E-state index is 13.0. The molecule has 0 saturated carbocycles. The van der Waals surface area contributed by atoms with Gasteiger partial charge in [-0.05, 0) is 52.2 Å². The van der Waals surface area contributed by atoms with Gasteiger partial charge in [-0.1, -0.05) is 0 Å². The first-order chi connectivity index (χ1) is 12.9. The number of rotatable bonds is 7. The Morgan fingerprint density at radius 1 is 1.41 bits per heavy atom. The molecule has 0 spiro atoms. The van der Waals surface area contributed by atoms with E-state index in [9.17, 15) is 9.59 Å². The molecule has 2 heterocycles. The Bertz CT molecular complexity index is 761. The first-order valence-corrected chi connectivity index (χ1v) is 9.36. The van der Waals surface area contributed by atoms with Crippen LogP contribution in [0.2, 0.25) is 0 Å². The second-order valence-corrected chi connectivity index (χ2v) is 7.36. The van der Waals surface area contributed by atoms with Crippen molar-refractivity contribution < 1.29 is 9.59 Å². The summed E-state index contributed by atoms with van der Waals surface area (Å²) in [6, 6.07) is 5.57. The van der Waals surface area contributed by atoms with Gasteiger partial charge in [-0.2, -0.15) is 5.10 Å². The number of amides is 2. The highest BCUT2D eigenvalue weighted by Gasteiger charge is 2.43. The van der Waals surface area contributed by atoms with Crippen LogP contribution in [0.4, 0.5) is 11.4 Å². The van der Waals surface area contributed by atoms with Crippen LogP contribution in [0.25, 0.3) is 0 Å². The van der Waals surface area contributed by atoms with Gasteiger partial charge >= 0.3 is 0 Å². The van der Waals surface area contributed by atoms with Crippen LogP contribution in [0, 0.1) is 5.92 Å². The van der Waals surface area contributed by atoms with Crippen LogP contribution in [0.3, 0.4) is 0 Å². The third kappa shape index (κ3) is 3.96. The van der Waals surface area contributed by atoms with Gasteiger partial charge in [-0.15, -0.1) is 0 Å². The fraction of sp³-hybridized carbons (Fsp3) is 0.526. The summed E-state index contributed by atoms with van der Waals surface area (Å²) in [6.07, 6.45) is 1.16. The first kappa shape index (κ1) is 19.3. The van der Waals surface area contributed by atoms with Gasteiger partial charge in [0.25, 0.3) is 0 Å². The standard InChI is InChI=1S/C19H28N6O2/c1-12-17-18(23-22-12)14-11-13(21-16(26)7-10-24(2)3)5-6-15(14)25(19(17)27)9-4-8-20/h5-6,11-12,17,22H,4,7-10,20H2,1-3H3,(H,21,26)/t12-,17?/m0/s1. The molecular formula is C19H28N6O2. The van der Waals surface area contributed by atoms with E-state index < -0.39 is 0 Å². The molecule has 0 bridgehead atoms. The van der Waals surface area contributed by atoms with Crippen molar-refractivity contribution in [1.29, 1.82) is 0 Å². The molecule has 1 aromatic rings. The zero-order valence-electron chi connectivity index (χ0n) is 16.2. The molecule has 8 nitrogen and oxygen atoms in total. The molecule has 2 atom stereocenters. The van der Waals surface area contributed by atoms with Crippen molar-refractivity contribution in [3.63, 3.8) is 0 Å². The molecule has 27 heavy (non-hydrogen) atoms. The number of nitrogens with one attached hydrogen (secondary N) is 2. The van der Waals surface area contributed by atoms with Gasteiger partial charge in [-0.3, -0.25) is 9.59 Å². The molecule has 0 aromatic heterocycles. The van der Waals surface area contributed by atoms with Crippen molar-refractivity contribution in [2.24, 2.45) is 16.8 Å². The van der Waals surface area contributed by atoms with Crippen LogP contribution in [0.15, 0.2) is 23.3 Å². The monoisotopic (exact) mass is 372 g/mol. The molecule has 2 amide bonds. The van der Waals surface area contributed by atoms with E-state index in [-0.39, 0.29) is 23.8 Å². The molecule has 0 saturated heterocycles. The largest absolute Gasteiger partial charge is 0.330 e. The first-order valence-electron chi connectivity index (χ1n) is 9.36. The molecule has 1 aromatic carbocycles. The quantitative estimate of drug-likeness (QED) is 0.650. The zero-order valence-corrected chi connectivity index (χ0v) is 16.2. The van der Waals surface area contributed by atoms with Crippen LogP contribution in [-0.2, 0) is 9.59 Å². The van der Waals surface area contributed by atoms with Crippen LogP contribution >= 0.6 is 0 Å². The Kier molecular flexibility index (Phi) is 5.76. The molecule has 2 aliphatic rings. The molecule has 0 radical (unpaired) electrons. The lowest BCUT2D eigenvalue weighted by Crippen LogP contribution is -2.48. The van der Waals surface area contributed by atoms with E-state index in [0.717, 1.165) is 23.4 Å². The van der Waals surface area contributed by atoms with E-state index in [1.807, 2.05) is 44.1 Å². The van der Waals surface area contributed by atoms with Gasteiger partial charge in [0.15, 0.2) is 0 Å². The summed E-state index contributed by atoms with van der Waals surface area (Å²) in [6.45, 7) is 3.75. The normalized spacial score (nSPS) is 20.9. The predicted octanol–water partition coefficient (Wildman–Crippen LogP) is 0.584. The molecule has 0 fully saturated rings. The minimum atomic E-state index is -0.310. The molecule has 4 N–H and O–H groups in total. The highest BCUT2D eigenvalue weighted by atomic mass is 16.2. The van der Waals surface area contributed by atoms with Crippen LogP contribution in [-0.4, -0.2) is 62.2 Å². The molecular weight excluding hydrogens is 344 g/mol. The lowest BCUT2D eigenvalue weighted by molar-refractivity contribution is -0.121. The number of hydrogen-bond donors (Lipinski definition) is 3. The molecule has 2 aliphatic heterocycles. The Morgan fingerprint density at radius 3 is 2.89 bits per heavy atom. The molecule has 0 aliphatic carbocycles. The molecule has 1 unspecified atom stereocenters. The van der Waals surface area contributed by atoms with Crippen LogP contribution < -0.4 is 21.4 Å². The SMILES string of the molecule is C[C@@H]1NN=C2c3cc(NC(=O)CCN(C)C)ccc3N(CCCN)C(=O)C21. The number of nitrogens with two attached hydrogens (primary N) is 1. The number of hydrogen-bond acceptors (Lipinski definition) is 6. The summed E-state index contributed by atoms with van der Waals surface area (Å²) < 4.78 is 0. The van der Waals surface area contributed by atoms with E-state index in [0.29, 0.717) is 31.7 Å². The van der Waals surface area contributed by atoms with E-state index in [1.165, 1.54) is 0 Å². The molecule has 3 rings (SSSR count). The number of anilines is 2. The van der Waals surface area contributed by atoms with Crippen molar-refractivity contribution in [3.8, 4) is 0 Å². The minimum absolute atomic E-state index is 0.0353. The third-order valence-corrected chi connectivity index (χ3v) is 4.93. The van der Waals surface area contributed by atoms with Gasteiger partial charge in [0.1, 0.15) is 5.92 Å². The summed E-state index contributed by atoms with van der Waals surface area (Å²) in [5.41, 5.74) is 11.8. The average molecular weight is 372 g/mol. The van der Waals surface area contributed by atoms with Gasteiger partial charge in [0.05, 0.1) is 17.4 Å². The molecule has 8 heteroatoms. The Balaban J connectivity index is 1.88. The summed E-state index contributed by atoms with van der Waals surface area (Å²) in [5.74, 6) is -0.295. The number of carbonyl (C=O) groups excluding carboxylic acids is 2. The minimum Gasteiger partial charge on any atom is -0.330 e. The fourth-order valence-electron chi connectivity index (χ4n) is 3.48. The number of fused-ring (bicyclic) bond motifs is 3. The molecule has 146 valence electrons. The summed E-state index contributed by atoms with van der Waals surface area (Å²) >= 11 is 0. The Morgan fingerprint density at radius 2 is 2.19 bits per heavy atom. The van der Waals surface area contributed by atoms with Gasteiger partial charge in [0.2, 0.25) is 11.8 Å². The lowest BCUT2D eigenvalue weighted by atomic mass is 9.86. The second-order valence-electron chi connectivity index (χ2n) is 7.36. The Labute approximate surface area is 159 Å². The summed E-state index contributed by atoms with van der Waals surface area (Å²) in [7, 11) is 3.87. The van der Waals surface area contributed by atoms with E-state index in [4.69, 9.17) is 5.73 Å². The zero-order chi connectivity index (χ0) is 19.6. The third-order valence-electron chi connectivity index (χ3n) is 4.93. The van der Waals surface area contributed by atoms with Crippen molar-refractivity contribution >= 4 is 28.9 Å². The smallest absolute Gasteiger partial charge is 0.238 e. The number of carbonyl (C=O) groups is 2. The van der Waals surface area contributed by atoms with Gasteiger partial charge in [0, 0.05) is 30.8 Å². The van der Waals surface area contributed by atoms with E-state index in [2.05, 4.69) is 15.8 Å². The van der Waals surface area contributed by atoms with Crippen LogP contribution in [0.5, 0.6) is 0 Å². The van der Waals surface area contributed by atoms with E-state index >= 15 is 0 Å². The topological polar surface area (TPSA) is 103 Å².